The van der Waals surface area contributed by atoms with E-state index in [4.69, 9.17) is 4.74 Å². The van der Waals surface area contributed by atoms with Gasteiger partial charge in [-0.1, -0.05) is 6.07 Å². The molecule has 6 heteroatoms. The third-order valence-electron chi connectivity index (χ3n) is 2.90. The van der Waals surface area contributed by atoms with Gasteiger partial charge in [-0.15, -0.1) is 0 Å². The molecule has 1 aliphatic rings. The molecule has 0 saturated heterocycles. The van der Waals surface area contributed by atoms with Crippen LogP contribution in [0.1, 0.15) is 27.9 Å². The van der Waals surface area contributed by atoms with Crippen LogP contribution >= 0.6 is 0 Å². The normalized spacial score (nSPS) is 14.3. The average molecular weight is 269 g/mol. The summed E-state index contributed by atoms with van der Waals surface area (Å²) >= 11 is 0. The molecule has 1 aliphatic carbocycles. The molecule has 0 fully saturated rings. The summed E-state index contributed by atoms with van der Waals surface area (Å²) in [6.45, 7) is -0.401. The van der Waals surface area contributed by atoms with E-state index in [0.717, 1.165) is 24.8 Å². The summed E-state index contributed by atoms with van der Waals surface area (Å²) in [5, 5.41) is 0. The Kier molecular flexibility index (Phi) is 3.68. The van der Waals surface area contributed by atoms with Gasteiger partial charge in [-0.2, -0.15) is 0 Å². The minimum atomic E-state index is -4.34. The van der Waals surface area contributed by atoms with Crippen molar-refractivity contribution in [1.82, 2.24) is 0 Å². The minimum Gasteiger partial charge on any atom is -0.748 e. The van der Waals surface area contributed by atoms with Gasteiger partial charge in [0, 0.05) is 0 Å². The van der Waals surface area contributed by atoms with Crippen LogP contribution in [0.25, 0.3) is 0 Å². The standard InChI is InChI=1S/C12H14O5S/c13-12(17-6-7-18(14,15)16)11-5-4-9-2-1-3-10(9)8-11/h4-5,8H,1-3,6-7H2,(H,14,15,16)/p-1. The van der Waals surface area contributed by atoms with Crippen molar-refractivity contribution in [2.45, 2.75) is 19.3 Å². The molecular formula is C12H13O5S-. The van der Waals surface area contributed by atoms with Gasteiger partial charge < -0.3 is 9.29 Å². The Hall–Kier alpha value is -1.40. The monoisotopic (exact) mass is 269 g/mol. The molecule has 0 radical (unpaired) electrons. The summed E-state index contributed by atoms with van der Waals surface area (Å²) in [5.74, 6) is -1.28. The van der Waals surface area contributed by atoms with Crippen molar-refractivity contribution < 1.29 is 22.5 Å². The lowest BCUT2D eigenvalue weighted by atomic mass is 10.1. The predicted octanol–water partition coefficient (Wildman–Crippen LogP) is 0.877. The summed E-state index contributed by atoms with van der Waals surface area (Å²) in [5.41, 5.74) is 2.79. The number of hydrogen-bond acceptors (Lipinski definition) is 5. The maximum atomic E-state index is 11.6. The highest BCUT2D eigenvalue weighted by Crippen LogP contribution is 2.23. The summed E-state index contributed by atoms with van der Waals surface area (Å²) in [4.78, 5) is 11.6. The quantitative estimate of drug-likeness (QED) is 0.598. The van der Waals surface area contributed by atoms with E-state index < -0.39 is 28.4 Å². The van der Waals surface area contributed by atoms with Gasteiger partial charge in [-0.25, -0.2) is 13.2 Å². The summed E-state index contributed by atoms with van der Waals surface area (Å²) in [6.07, 6.45) is 3.06. The van der Waals surface area contributed by atoms with E-state index in [1.807, 2.05) is 6.07 Å². The fourth-order valence-corrected chi connectivity index (χ4v) is 2.31. The van der Waals surface area contributed by atoms with Crippen molar-refractivity contribution in [3.63, 3.8) is 0 Å². The highest BCUT2D eigenvalue weighted by Gasteiger charge is 2.14. The fraction of sp³-hybridized carbons (Fsp3) is 0.417. The van der Waals surface area contributed by atoms with Crippen LogP contribution < -0.4 is 0 Å². The zero-order valence-electron chi connectivity index (χ0n) is 9.72. The second kappa shape index (κ2) is 5.07. The predicted molar refractivity (Wildman–Crippen MR) is 63.3 cm³/mol. The molecule has 0 amide bonds. The van der Waals surface area contributed by atoms with Crippen LogP contribution in [0.15, 0.2) is 18.2 Å². The van der Waals surface area contributed by atoms with Crippen molar-refractivity contribution >= 4 is 16.1 Å². The molecule has 1 aromatic carbocycles. The maximum Gasteiger partial charge on any atom is 0.338 e. The second-order valence-electron chi connectivity index (χ2n) is 4.23. The van der Waals surface area contributed by atoms with Crippen LogP contribution in [0.3, 0.4) is 0 Å². The molecule has 0 N–H and O–H groups in total. The van der Waals surface area contributed by atoms with Crippen molar-refractivity contribution in [2.24, 2.45) is 0 Å². The molecule has 0 heterocycles. The molecule has 0 unspecified atom stereocenters. The Balaban J connectivity index is 1.97. The number of fused-ring (bicyclic) bond motifs is 1. The zero-order chi connectivity index (χ0) is 13.2. The first-order valence-corrected chi connectivity index (χ1v) is 7.26. The Morgan fingerprint density at radius 2 is 2.00 bits per heavy atom. The first kappa shape index (κ1) is 13.0. The van der Waals surface area contributed by atoms with Gasteiger partial charge in [0.2, 0.25) is 0 Å². The highest BCUT2D eigenvalue weighted by atomic mass is 32.2. The smallest absolute Gasteiger partial charge is 0.338 e. The van der Waals surface area contributed by atoms with Gasteiger partial charge >= 0.3 is 5.97 Å². The first-order valence-electron chi connectivity index (χ1n) is 5.68. The van der Waals surface area contributed by atoms with E-state index >= 15 is 0 Å². The number of hydrogen-bond donors (Lipinski definition) is 0. The fourth-order valence-electron chi connectivity index (χ4n) is 2.02. The number of carbonyl (C=O) groups is 1. The van der Waals surface area contributed by atoms with Crippen molar-refractivity contribution in [3.8, 4) is 0 Å². The van der Waals surface area contributed by atoms with E-state index in [1.54, 1.807) is 12.1 Å². The number of aryl methyl sites for hydroxylation is 2. The highest BCUT2D eigenvalue weighted by molar-refractivity contribution is 7.85. The van der Waals surface area contributed by atoms with Gasteiger partial charge in [0.15, 0.2) is 0 Å². The lowest BCUT2D eigenvalue weighted by Gasteiger charge is -2.08. The molecule has 98 valence electrons. The van der Waals surface area contributed by atoms with E-state index in [0.29, 0.717) is 5.56 Å². The zero-order valence-corrected chi connectivity index (χ0v) is 10.5. The number of carbonyl (C=O) groups excluding carboxylic acids is 1. The second-order valence-corrected chi connectivity index (χ2v) is 5.76. The van der Waals surface area contributed by atoms with Gasteiger partial charge in [0.05, 0.1) is 21.4 Å². The van der Waals surface area contributed by atoms with Crippen LogP contribution in [-0.4, -0.2) is 31.3 Å². The molecule has 0 aliphatic heterocycles. The number of rotatable bonds is 4. The Labute approximate surface area is 106 Å². The van der Waals surface area contributed by atoms with Crippen molar-refractivity contribution in [3.05, 3.63) is 34.9 Å². The molecule has 2 rings (SSSR count). The lowest BCUT2D eigenvalue weighted by Crippen LogP contribution is -2.15. The largest absolute Gasteiger partial charge is 0.748 e. The molecule has 0 saturated carbocycles. The van der Waals surface area contributed by atoms with Crippen LogP contribution in [0.5, 0.6) is 0 Å². The van der Waals surface area contributed by atoms with E-state index in [-0.39, 0.29) is 0 Å². The van der Waals surface area contributed by atoms with Crippen molar-refractivity contribution in [1.29, 1.82) is 0 Å². The molecular weight excluding hydrogens is 256 g/mol. The summed E-state index contributed by atoms with van der Waals surface area (Å²) in [7, 11) is -4.34. The molecule has 0 aromatic heterocycles. The van der Waals surface area contributed by atoms with E-state index in [9.17, 15) is 17.8 Å². The topological polar surface area (TPSA) is 83.5 Å². The molecule has 0 spiro atoms. The van der Waals surface area contributed by atoms with Crippen LogP contribution in [-0.2, 0) is 27.7 Å². The maximum absolute atomic E-state index is 11.6. The van der Waals surface area contributed by atoms with Crippen LogP contribution in [0.4, 0.5) is 0 Å². The van der Waals surface area contributed by atoms with Crippen molar-refractivity contribution in [2.75, 3.05) is 12.4 Å². The van der Waals surface area contributed by atoms with E-state index in [2.05, 4.69) is 0 Å². The lowest BCUT2D eigenvalue weighted by molar-refractivity contribution is 0.0528. The van der Waals surface area contributed by atoms with Crippen LogP contribution in [0.2, 0.25) is 0 Å². The Morgan fingerprint density at radius 3 is 2.72 bits per heavy atom. The summed E-state index contributed by atoms with van der Waals surface area (Å²) in [6, 6.07) is 5.33. The van der Waals surface area contributed by atoms with E-state index in [1.165, 1.54) is 5.56 Å². The average Bonchev–Trinajstić information content (AvgIpc) is 2.73. The molecule has 1 aromatic rings. The number of esters is 1. The van der Waals surface area contributed by atoms with Crippen LogP contribution in [0, 0.1) is 0 Å². The molecule has 18 heavy (non-hydrogen) atoms. The third-order valence-corrected chi connectivity index (χ3v) is 3.57. The number of benzene rings is 1. The van der Waals surface area contributed by atoms with Gasteiger partial charge in [-0.3, -0.25) is 0 Å². The molecule has 0 bridgehead atoms. The third kappa shape index (κ3) is 3.30. The summed E-state index contributed by atoms with van der Waals surface area (Å²) < 4.78 is 35.8. The first-order chi connectivity index (χ1) is 8.46. The Bertz CT molecular complexity index is 562. The van der Waals surface area contributed by atoms with Gasteiger partial charge in [-0.05, 0) is 42.5 Å². The molecule has 5 nitrogen and oxygen atoms in total. The van der Waals surface area contributed by atoms with Gasteiger partial charge in [0.1, 0.15) is 6.61 Å². The Morgan fingerprint density at radius 1 is 1.28 bits per heavy atom. The minimum absolute atomic E-state index is 0.401. The SMILES string of the molecule is O=C(OCCS(=O)(=O)[O-])c1ccc2c(c1)CCC2. The van der Waals surface area contributed by atoms with Gasteiger partial charge in [0.25, 0.3) is 0 Å². The number of ether oxygens (including phenoxy) is 1. The molecule has 0 atom stereocenters.